The number of hydrogen-bond acceptors (Lipinski definition) is 5. The van der Waals surface area contributed by atoms with E-state index in [0.29, 0.717) is 4.90 Å². The van der Waals surface area contributed by atoms with Gasteiger partial charge in [0.25, 0.3) is 0 Å². The van der Waals surface area contributed by atoms with Gasteiger partial charge in [-0.2, -0.15) is 0 Å². The van der Waals surface area contributed by atoms with Gasteiger partial charge in [0.2, 0.25) is 0 Å². The summed E-state index contributed by atoms with van der Waals surface area (Å²) in [6.45, 7) is 1.97. The lowest BCUT2D eigenvalue weighted by atomic mass is 10.2. The molecule has 0 heterocycles. The van der Waals surface area contributed by atoms with Crippen molar-refractivity contribution in [1.82, 2.24) is 0 Å². The molecule has 2 rings (SSSR count). The van der Waals surface area contributed by atoms with Crippen LogP contribution in [0.25, 0.3) is 0 Å². The van der Waals surface area contributed by atoms with Crippen molar-refractivity contribution in [1.29, 1.82) is 0 Å². The molecule has 0 saturated carbocycles. The third-order valence-corrected chi connectivity index (χ3v) is 6.45. The van der Waals surface area contributed by atoms with E-state index in [1.807, 2.05) is 31.2 Å². The molecular formula is C15H16O4S3. The zero-order valence-corrected chi connectivity index (χ0v) is 14.8. The zero-order valence-electron chi connectivity index (χ0n) is 12.4. The number of aryl methyl sites for hydroxylation is 1. The molecule has 0 N–H and O–H groups in total. The molecule has 0 spiro atoms. The van der Waals surface area contributed by atoms with Gasteiger partial charge < -0.3 is 0 Å². The van der Waals surface area contributed by atoms with Crippen LogP contribution < -0.4 is 0 Å². The van der Waals surface area contributed by atoms with Crippen LogP contribution in [0.1, 0.15) is 5.56 Å². The highest BCUT2D eigenvalue weighted by Crippen LogP contribution is 2.34. The summed E-state index contributed by atoms with van der Waals surface area (Å²) in [7, 11) is -6.98. The second kappa shape index (κ2) is 6.06. The van der Waals surface area contributed by atoms with E-state index in [1.54, 1.807) is 0 Å². The summed E-state index contributed by atoms with van der Waals surface area (Å²) in [4.78, 5) is 1.43. The highest BCUT2D eigenvalue weighted by Gasteiger charge is 2.18. The normalized spacial score (nSPS) is 12.3. The molecule has 4 nitrogen and oxygen atoms in total. The molecule has 0 bridgehead atoms. The number of hydrogen-bond donors (Lipinski definition) is 0. The molecule has 0 fully saturated rings. The van der Waals surface area contributed by atoms with E-state index < -0.39 is 19.7 Å². The first kappa shape index (κ1) is 17.1. The molecule has 0 aliphatic rings. The van der Waals surface area contributed by atoms with Crippen LogP contribution in [0.4, 0.5) is 0 Å². The van der Waals surface area contributed by atoms with Gasteiger partial charge in [-0.15, -0.1) is 0 Å². The molecule has 0 atom stereocenters. The van der Waals surface area contributed by atoms with Crippen molar-refractivity contribution in [3.63, 3.8) is 0 Å². The van der Waals surface area contributed by atoms with Gasteiger partial charge in [0, 0.05) is 22.3 Å². The molecule has 0 aliphatic carbocycles. The molecule has 0 unspecified atom stereocenters. The largest absolute Gasteiger partial charge is 0.224 e. The molecule has 118 valence electrons. The Kier molecular flexibility index (Phi) is 4.70. The minimum Gasteiger partial charge on any atom is -0.224 e. The average molecular weight is 356 g/mol. The summed E-state index contributed by atoms with van der Waals surface area (Å²) in [5.74, 6) is 0. The van der Waals surface area contributed by atoms with Gasteiger partial charge in [0.05, 0.1) is 9.79 Å². The van der Waals surface area contributed by atoms with Crippen LogP contribution in [0.3, 0.4) is 0 Å². The van der Waals surface area contributed by atoms with Crippen molar-refractivity contribution < 1.29 is 16.8 Å². The van der Waals surface area contributed by atoms with Crippen LogP contribution in [0.2, 0.25) is 0 Å². The maximum absolute atomic E-state index is 12.0. The highest BCUT2D eigenvalue weighted by atomic mass is 32.2. The van der Waals surface area contributed by atoms with Crippen molar-refractivity contribution in [2.45, 2.75) is 26.5 Å². The van der Waals surface area contributed by atoms with Gasteiger partial charge in [-0.3, -0.25) is 0 Å². The Hall–Kier alpha value is -1.31. The number of sulfone groups is 2. The van der Waals surface area contributed by atoms with Crippen molar-refractivity contribution in [2.75, 3.05) is 12.5 Å². The monoisotopic (exact) mass is 356 g/mol. The molecular weight excluding hydrogens is 340 g/mol. The predicted molar refractivity (Wildman–Crippen MR) is 88.0 cm³/mol. The smallest absolute Gasteiger partial charge is 0.176 e. The first-order valence-electron chi connectivity index (χ1n) is 6.36. The van der Waals surface area contributed by atoms with Crippen molar-refractivity contribution in [3.8, 4) is 0 Å². The summed E-state index contributed by atoms with van der Waals surface area (Å²) < 4.78 is 47.2. The SMILES string of the molecule is Cc1ccc(Sc2ccc(S(C)(=O)=O)cc2S(C)(=O)=O)cc1. The summed E-state index contributed by atoms with van der Waals surface area (Å²) in [6, 6.07) is 11.9. The molecule has 7 heteroatoms. The molecule has 0 aromatic heterocycles. The van der Waals surface area contributed by atoms with E-state index >= 15 is 0 Å². The Morgan fingerprint density at radius 2 is 1.41 bits per heavy atom. The van der Waals surface area contributed by atoms with Crippen LogP contribution >= 0.6 is 11.8 Å². The van der Waals surface area contributed by atoms with Crippen LogP contribution in [0, 0.1) is 6.92 Å². The summed E-state index contributed by atoms with van der Waals surface area (Å²) in [6.07, 6.45) is 2.13. The maximum atomic E-state index is 12.0. The second-order valence-electron chi connectivity index (χ2n) is 5.07. The zero-order chi connectivity index (χ0) is 16.5. The molecule has 0 saturated heterocycles. The minimum atomic E-state index is -3.53. The Bertz CT molecular complexity index is 896. The molecule has 0 amide bonds. The van der Waals surface area contributed by atoms with E-state index in [0.717, 1.165) is 23.0 Å². The summed E-state index contributed by atoms with van der Waals surface area (Å²) in [5.41, 5.74) is 1.11. The van der Waals surface area contributed by atoms with Gasteiger partial charge in [-0.05, 0) is 37.3 Å². The standard InChI is InChI=1S/C15H16O4S3/c1-11-4-6-12(7-5-11)20-14-9-8-13(21(2,16)17)10-15(14)22(3,18)19/h4-10H,1-3H3. The lowest BCUT2D eigenvalue weighted by molar-refractivity contribution is 0.598. The van der Waals surface area contributed by atoms with Gasteiger partial charge in [0.15, 0.2) is 19.7 Å². The highest BCUT2D eigenvalue weighted by molar-refractivity contribution is 8.00. The lowest BCUT2D eigenvalue weighted by Gasteiger charge is -2.10. The Labute approximate surface area is 135 Å². The topological polar surface area (TPSA) is 68.3 Å². The van der Waals surface area contributed by atoms with Crippen LogP contribution in [0.15, 0.2) is 62.0 Å². The Morgan fingerprint density at radius 1 is 0.818 bits per heavy atom. The van der Waals surface area contributed by atoms with Crippen molar-refractivity contribution >= 4 is 31.4 Å². The van der Waals surface area contributed by atoms with Gasteiger partial charge in [-0.25, -0.2) is 16.8 Å². The third-order valence-electron chi connectivity index (χ3n) is 2.99. The summed E-state index contributed by atoms with van der Waals surface area (Å²) in [5, 5.41) is 0. The molecule has 0 aliphatic heterocycles. The Balaban J connectivity index is 2.54. The fourth-order valence-electron chi connectivity index (χ4n) is 1.83. The average Bonchev–Trinajstić information content (AvgIpc) is 2.39. The quantitative estimate of drug-likeness (QED) is 0.842. The first-order chi connectivity index (χ1) is 10.1. The Morgan fingerprint density at radius 3 is 1.91 bits per heavy atom. The van der Waals surface area contributed by atoms with E-state index in [4.69, 9.17) is 0 Å². The van der Waals surface area contributed by atoms with Crippen LogP contribution in [-0.4, -0.2) is 29.3 Å². The maximum Gasteiger partial charge on any atom is 0.176 e. The van der Waals surface area contributed by atoms with E-state index in [-0.39, 0.29) is 9.79 Å². The third kappa shape index (κ3) is 4.12. The van der Waals surface area contributed by atoms with Gasteiger partial charge in [0.1, 0.15) is 0 Å². The summed E-state index contributed by atoms with van der Waals surface area (Å²) >= 11 is 1.30. The van der Waals surface area contributed by atoms with Crippen LogP contribution in [0.5, 0.6) is 0 Å². The van der Waals surface area contributed by atoms with E-state index in [9.17, 15) is 16.8 Å². The van der Waals surface area contributed by atoms with Gasteiger partial charge >= 0.3 is 0 Å². The first-order valence-corrected chi connectivity index (χ1v) is 11.0. The number of rotatable bonds is 4. The van der Waals surface area contributed by atoms with E-state index in [1.165, 1.54) is 30.0 Å². The van der Waals surface area contributed by atoms with E-state index in [2.05, 4.69) is 0 Å². The minimum absolute atomic E-state index is 0.00109. The molecule has 2 aromatic rings. The molecule has 2 aromatic carbocycles. The van der Waals surface area contributed by atoms with Crippen LogP contribution in [-0.2, 0) is 19.7 Å². The fraction of sp³-hybridized carbons (Fsp3) is 0.200. The van der Waals surface area contributed by atoms with Gasteiger partial charge in [-0.1, -0.05) is 29.5 Å². The molecule has 0 radical (unpaired) electrons. The molecule has 22 heavy (non-hydrogen) atoms. The second-order valence-corrected chi connectivity index (χ2v) is 10.2. The predicted octanol–water partition coefficient (Wildman–Crippen LogP) is 2.95. The van der Waals surface area contributed by atoms with Crippen molar-refractivity contribution in [2.24, 2.45) is 0 Å². The lowest BCUT2D eigenvalue weighted by Crippen LogP contribution is -2.03. The number of benzene rings is 2. The van der Waals surface area contributed by atoms with Crippen molar-refractivity contribution in [3.05, 3.63) is 48.0 Å². The fourth-order valence-corrected chi connectivity index (χ4v) is 4.72.